The van der Waals surface area contributed by atoms with E-state index in [9.17, 15) is 13.2 Å². The maximum absolute atomic E-state index is 11.5. The fourth-order valence-corrected chi connectivity index (χ4v) is 2.17. The number of furan rings is 1. The van der Waals surface area contributed by atoms with E-state index in [0.29, 0.717) is 5.76 Å². The Kier molecular flexibility index (Phi) is 4.71. The molecule has 1 heterocycles. The Bertz CT molecular complexity index is 451. The highest BCUT2D eigenvalue weighted by molar-refractivity contribution is 7.88. The molecule has 0 aliphatic rings. The highest BCUT2D eigenvalue weighted by Gasteiger charge is 2.18. The molecule has 0 bridgehead atoms. The Hall–Kier alpha value is -1.34. The van der Waals surface area contributed by atoms with Crippen molar-refractivity contribution in [2.75, 3.05) is 12.8 Å². The topological polar surface area (TPSA) is 87.8 Å². The quantitative estimate of drug-likeness (QED) is 0.788. The third-order valence-corrected chi connectivity index (χ3v) is 3.43. The highest BCUT2D eigenvalue weighted by Crippen LogP contribution is 2.10. The minimum Gasteiger partial charge on any atom is -0.481 e. The summed E-state index contributed by atoms with van der Waals surface area (Å²) in [6.45, 7) is 0.303. The van der Waals surface area contributed by atoms with Crippen molar-refractivity contribution in [2.24, 2.45) is 0 Å². The van der Waals surface area contributed by atoms with E-state index in [1.54, 1.807) is 12.1 Å². The zero-order valence-electron chi connectivity index (χ0n) is 9.50. The van der Waals surface area contributed by atoms with Crippen molar-refractivity contribution in [3.05, 3.63) is 24.2 Å². The maximum atomic E-state index is 11.5. The molecule has 1 aromatic rings. The van der Waals surface area contributed by atoms with Crippen LogP contribution in [0.25, 0.3) is 0 Å². The number of hydrogen-bond acceptors (Lipinski definition) is 4. The van der Waals surface area contributed by atoms with Crippen molar-refractivity contribution in [1.82, 2.24) is 4.31 Å². The van der Waals surface area contributed by atoms with Gasteiger partial charge in [-0.05, 0) is 18.6 Å². The second-order valence-electron chi connectivity index (χ2n) is 3.67. The van der Waals surface area contributed by atoms with Crippen LogP contribution < -0.4 is 0 Å². The summed E-state index contributed by atoms with van der Waals surface area (Å²) in [6, 6.07) is 3.35. The van der Waals surface area contributed by atoms with Crippen LogP contribution in [0.15, 0.2) is 22.8 Å². The number of hydrogen-bond donors (Lipinski definition) is 1. The molecule has 0 aromatic carbocycles. The molecule has 17 heavy (non-hydrogen) atoms. The van der Waals surface area contributed by atoms with E-state index >= 15 is 0 Å². The summed E-state index contributed by atoms with van der Waals surface area (Å²) in [4.78, 5) is 10.4. The van der Waals surface area contributed by atoms with Crippen LogP contribution in [0, 0.1) is 0 Å². The van der Waals surface area contributed by atoms with Gasteiger partial charge >= 0.3 is 5.97 Å². The zero-order valence-corrected chi connectivity index (χ0v) is 10.3. The van der Waals surface area contributed by atoms with Crippen LogP contribution in [-0.2, 0) is 21.4 Å². The van der Waals surface area contributed by atoms with Gasteiger partial charge < -0.3 is 9.52 Å². The molecular weight excluding hydrogens is 246 g/mol. The van der Waals surface area contributed by atoms with Gasteiger partial charge in [-0.25, -0.2) is 8.42 Å². The molecule has 96 valence electrons. The fraction of sp³-hybridized carbons (Fsp3) is 0.500. The van der Waals surface area contributed by atoms with E-state index in [1.165, 1.54) is 10.6 Å². The fourth-order valence-electron chi connectivity index (χ4n) is 1.35. The summed E-state index contributed by atoms with van der Waals surface area (Å²) in [6.07, 6.45) is 2.79. The molecule has 0 amide bonds. The molecule has 6 nitrogen and oxygen atoms in total. The summed E-state index contributed by atoms with van der Waals surface area (Å²) in [5, 5.41) is 8.50. The van der Waals surface area contributed by atoms with Gasteiger partial charge in [0.1, 0.15) is 5.76 Å². The molecule has 1 aromatic heterocycles. The van der Waals surface area contributed by atoms with Gasteiger partial charge in [-0.2, -0.15) is 4.31 Å². The number of sulfonamides is 1. The molecule has 1 N–H and O–H groups in total. The lowest BCUT2D eigenvalue weighted by Crippen LogP contribution is -2.30. The van der Waals surface area contributed by atoms with E-state index in [2.05, 4.69) is 0 Å². The second kappa shape index (κ2) is 5.83. The van der Waals surface area contributed by atoms with Crippen molar-refractivity contribution in [3.8, 4) is 0 Å². The standard InChI is InChI=1S/C10H15NO5S/c1-17(14,15)11(6-2-5-10(12)13)8-9-4-3-7-16-9/h3-4,7H,2,5-6,8H2,1H3,(H,12,13). The first-order valence-corrected chi connectivity index (χ1v) is 6.93. The number of nitrogens with zero attached hydrogens (tertiary/aromatic N) is 1. The van der Waals surface area contributed by atoms with E-state index in [4.69, 9.17) is 9.52 Å². The molecule has 0 spiro atoms. The lowest BCUT2D eigenvalue weighted by Gasteiger charge is -2.18. The van der Waals surface area contributed by atoms with Gasteiger partial charge in [0.2, 0.25) is 10.0 Å². The summed E-state index contributed by atoms with van der Waals surface area (Å²) >= 11 is 0. The Balaban J connectivity index is 2.59. The predicted molar refractivity (Wildman–Crippen MR) is 60.8 cm³/mol. The zero-order chi connectivity index (χ0) is 12.9. The second-order valence-corrected chi connectivity index (χ2v) is 5.66. The lowest BCUT2D eigenvalue weighted by atomic mass is 10.3. The van der Waals surface area contributed by atoms with Crippen LogP contribution in [0.4, 0.5) is 0 Å². The van der Waals surface area contributed by atoms with Crippen LogP contribution in [0.1, 0.15) is 18.6 Å². The van der Waals surface area contributed by atoms with Crippen molar-refractivity contribution < 1.29 is 22.7 Å². The molecule has 0 saturated heterocycles. The van der Waals surface area contributed by atoms with Crippen molar-refractivity contribution in [1.29, 1.82) is 0 Å². The number of rotatable bonds is 7. The average molecular weight is 261 g/mol. The van der Waals surface area contributed by atoms with E-state index in [1.807, 2.05) is 0 Å². The van der Waals surface area contributed by atoms with Crippen LogP contribution in [0.3, 0.4) is 0 Å². The van der Waals surface area contributed by atoms with E-state index in [0.717, 1.165) is 6.26 Å². The van der Waals surface area contributed by atoms with Gasteiger partial charge in [0.25, 0.3) is 0 Å². The first-order chi connectivity index (χ1) is 7.89. The highest BCUT2D eigenvalue weighted by atomic mass is 32.2. The first kappa shape index (κ1) is 13.7. The Morgan fingerprint density at radius 2 is 2.24 bits per heavy atom. The molecule has 0 unspecified atom stereocenters. The maximum Gasteiger partial charge on any atom is 0.303 e. The van der Waals surface area contributed by atoms with Gasteiger partial charge in [0.05, 0.1) is 19.1 Å². The molecule has 0 aliphatic carbocycles. The van der Waals surface area contributed by atoms with Crippen molar-refractivity contribution >= 4 is 16.0 Å². The van der Waals surface area contributed by atoms with Crippen LogP contribution >= 0.6 is 0 Å². The summed E-state index contributed by atoms with van der Waals surface area (Å²) in [7, 11) is -3.36. The summed E-state index contributed by atoms with van der Waals surface area (Å²) < 4.78 is 29.2. The number of carboxylic acid groups (broad SMARTS) is 1. The van der Waals surface area contributed by atoms with Gasteiger partial charge in [-0.1, -0.05) is 0 Å². The molecule has 0 fully saturated rings. The van der Waals surface area contributed by atoms with E-state index < -0.39 is 16.0 Å². The van der Waals surface area contributed by atoms with Crippen molar-refractivity contribution in [2.45, 2.75) is 19.4 Å². The molecule has 0 radical (unpaired) electrons. The molecule has 7 heteroatoms. The molecule has 1 rings (SSSR count). The number of carbonyl (C=O) groups is 1. The monoisotopic (exact) mass is 261 g/mol. The van der Waals surface area contributed by atoms with E-state index in [-0.39, 0.29) is 25.9 Å². The number of aliphatic carboxylic acids is 1. The van der Waals surface area contributed by atoms with Gasteiger partial charge in [-0.3, -0.25) is 4.79 Å². The van der Waals surface area contributed by atoms with Gasteiger partial charge in [0.15, 0.2) is 0 Å². The lowest BCUT2D eigenvalue weighted by molar-refractivity contribution is -0.137. The van der Waals surface area contributed by atoms with Gasteiger partial charge in [-0.15, -0.1) is 0 Å². The minimum absolute atomic E-state index is 0.0514. The largest absolute Gasteiger partial charge is 0.481 e. The summed E-state index contributed by atoms with van der Waals surface area (Å²) in [5.74, 6) is -0.401. The predicted octanol–water partition coefficient (Wildman–Crippen LogP) is 0.906. The Morgan fingerprint density at radius 3 is 2.71 bits per heavy atom. The molecule has 0 saturated carbocycles. The molecule has 0 aliphatic heterocycles. The third kappa shape index (κ3) is 5.01. The SMILES string of the molecule is CS(=O)(=O)N(CCCC(=O)O)Cc1ccco1. The number of carboxylic acids is 1. The van der Waals surface area contributed by atoms with Crippen LogP contribution in [-0.4, -0.2) is 36.6 Å². The molecule has 0 atom stereocenters. The van der Waals surface area contributed by atoms with Gasteiger partial charge in [0, 0.05) is 13.0 Å². The normalized spacial score (nSPS) is 11.9. The minimum atomic E-state index is -3.36. The first-order valence-electron chi connectivity index (χ1n) is 5.09. The third-order valence-electron chi connectivity index (χ3n) is 2.18. The van der Waals surface area contributed by atoms with Crippen molar-refractivity contribution in [3.63, 3.8) is 0 Å². The Labute approximate surface area is 99.9 Å². The average Bonchev–Trinajstić information content (AvgIpc) is 2.66. The van der Waals surface area contributed by atoms with Crippen LogP contribution in [0.5, 0.6) is 0 Å². The Morgan fingerprint density at radius 1 is 1.53 bits per heavy atom. The molecular formula is C10H15NO5S. The smallest absolute Gasteiger partial charge is 0.303 e. The summed E-state index contributed by atoms with van der Waals surface area (Å²) in [5.41, 5.74) is 0. The van der Waals surface area contributed by atoms with Crippen LogP contribution in [0.2, 0.25) is 0 Å².